The van der Waals surface area contributed by atoms with Crippen molar-refractivity contribution in [1.82, 2.24) is 5.32 Å². The standard InChI is InChI=1S/C10H12N2O7S/c13-10(11-5-6-20(16,17)18)19-7-8-1-3-9(4-2-8)12(14)15/h1-4H,5-7H2,(H,11,13)(H,16,17,18). The van der Waals surface area contributed by atoms with Crippen molar-refractivity contribution >= 4 is 21.9 Å². The van der Waals surface area contributed by atoms with E-state index in [1.54, 1.807) is 0 Å². The van der Waals surface area contributed by atoms with E-state index in [4.69, 9.17) is 9.29 Å². The van der Waals surface area contributed by atoms with Crippen LogP contribution < -0.4 is 5.32 Å². The van der Waals surface area contributed by atoms with Crippen LogP contribution in [0.5, 0.6) is 0 Å². The van der Waals surface area contributed by atoms with Crippen LogP contribution in [0.1, 0.15) is 5.56 Å². The van der Waals surface area contributed by atoms with E-state index in [9.17, 15) is 23.3 Å². The van der Waals surface area contributed by atoms with Gasteiger partial charge in [-0.05, 0) is 17.7 Å². The van der Waals surface area contributed by atoms with Gasteiger partial charge in [0.1, 0.15) is 6.61 Å². The third kappa shape index (κ3) is 6.11. The van der Waals surface area contributed by atoms with Gasteiger partial charge in [-0.2, -0.15) is 8.42 Å². The normalized spacial score (nSPS) is 10.8. The fourth-order valence-corrected chi connectivity index (χ4v) is 1.56. The second-order valence-electron chi connectivity index (χ2n) is 3.71. The maximum absolute atomic E-state index is 11.2. The van der Waals surface area contributed by atoms with Crippen LogP contribution in [0.3, 0.4) is 0 Å². The highest BCUT2D eigenvalue weighted by atomic mass is 32.2. The van der Waals surface area contributed by atoms with Crippen LogP contribution in [-0.4, -0.2) is 36.3 Å². The number of carbonyl (C=O) groups is 1. The van der Waals surface area contributed by atoms with E-state index < -0.39 is 26.9 Å². The van der Waals surface area contributed by atoms with E-state index in [0.717, 1.165) is 0 Å². The molecule has 0 fully saturated rings. The predicted octanol–water partition coefficient (Wildman–Crippen LogP) is 0.709. The van der Waals surface area contributed by atoms with Crippen LogP contribution in [0.25, 0.3) is 0 Å². The zero-order valence-corrected chi connectivity index (χ0v) is 11.0. The third-order valence-corrected chi connectivity index (χ3v) is 2.87. The molecule has 0 aliphatic carbocycles. The van der Waals surface area contributed by atoms with Crippen molar-refractivity contribution in [3.63, 3.8) is 0 Å². The van der Waals surface area contributed by atoms with Crippen molar-refractivity contribution in [3.8, 4) is 0 Å². The number of nitrogens with zero attached hydrogens (tertiary/aromatic N) is 1. The van der Waals surface area contributed by atoms with Crippen LogP contribution in [0.2, 0.25) is 0 Å². The summed E-state index contributed by atoms with van der Waals surface area (Å²) in [6.07, 6.45) is -0.855. The predicted molar refractivity (Wildman–Crippen MR) is 67.7 cm³/mol. The first-order valence-corrected chi connectivity index (χ1v) is 6.98. The zero-order chi connectivity index (χ0) is 15.2. The van der Waals surface area contributed by atoms with Gasteiger partial charge in [0.2, 0.25) is 0 Å². The Labute approximate surface area is 114 Å². The summed E-state index contributed by atoms with van der Waals surface area (Å²) >= 11 is 0. The van der Waals surface area contributed by atoms with E-state index in [2.05, 4.69) is 5.32 Å². The fourth-order valence-electron chi connectivity index (χ4n) is 1.20. The largest absolute Gasteiger partial charge is 0.445 e. The van der Waals surface area contributed by atoms with Crippen LogP contribution in [-0.2, 0) is 21.5 Å². The summed E-state index contributed by atoms with van der Waals surface area (Å²) in [5.41, 5.74) is 0.465. The van der Waals surface area contributed by atoms with Gasteiger partial charge in [-0.15, -0.1) is 0 Å². The quantitative estimate of drug-likeness (QED) is 0.448. The molecule has 0 unspecified atom stereocenters. The minimum absolute atomic E-state index is 0.0775. The summed E-state index contributed by atoms with van der Waals surface area (Å²) in [5, 5.41) is 12.5. The number of hydrogen-bond donors (Lipinski definition) is 2. The summed E-state index contributed by atoms with van der Waals surface area (Å²) in [6.45, 7) is -0.395. The smallest absolute Gasteiger partial charge is 0.407 e. The number of amides is 1. The third-order valence-electron chi connectivity index (χ3n) is 2.15. The summed E-state index contributed by atoms with van der Waals surface area (Å²) in [5.74, 6) is -0.611. The molecule has 0 atom stereocenters. The molecule has 20 heavy (non-hydrogen) atoms. The Bertz CT molecular complexity index is 582. The Balaban J connectivity index is 2.35. The minimum Gasteiger partial charge on any atom is -0.445 e. The van der Waals surface area contributed by atoms with Crippen molar-refractivity contribution in [3.05, 3.63) is 39.9 Å². The maximum atomic E-state index is 11.2. The van der Waals surface area contributed by atoms with Crippen LogP contribution in [0.4, 0.5) is 10.5 Å². The lowest BCUT2D eigenvalue weighted by Crippen LogP contribution is -2.29. The van der Waals surface area contributed by atoms with E-state index in [1.165, 1.54) is 24.3 Å². The lowest BCUT2D eigenvalue weighted by molar-refractivity contribution is -0.384. The fraction of sp³-hybridized carbons (Fsp3) is 0.300. The van der Waals surface area contributed by atoms with Crippen molar-refractivity contribution in [1.29, 1.82) is 0 Å². The summed E-state index contributed by atoms with van der Waals surface area (Å²) < 4.78 is 34.0. The van der Waals surface area contributed by atoms with E-state index in [-0.39, 0.29) is 18.8 Å². The molecule has 0 spiro atoms. The monoisotopic (exact) mass is 304 g/mol. The average molecular weight is 304 g/mol. The van der Waals surface area contributed by atoms with Crippen molar-refractivity contribution in [2.45, 2.75) is 6.61 Å². The maximum Gasteiger partial charge on any atom is 0.407 e. The topological polar surface area (TPSA) is 136 Å². The van der Waals surface area contributed by atoms with Crippen molar-refractivity contribution in [2.75, 3.05) is 12.3 Å². The molecule has 1 amide bonds. The second-order valence-corrected chi connectivity index (χ2v) is 5.28. The Morgan fingerprint density at radius 2 is 1.95 bits per heavy atom. The van der Waals surface area contributed by atoms with Gasteiger partial charge in [0.15, 0.2) is 0 Å². The Kier molecular flexibility index (Phi) is 5.41. The summed E-state index contributed by atoms with van der Waals surface area (Å²) in [6, 6.07) is 5.41. The number of ether oxygens (including phenoxy) is 1. The lowest BCUT2D eigenvalue weighted by Gasteiger charge is -2.06. The molecule has 110 valence electrons. The number of nitrogens with one attached hydrogen (secondary N) is 1. The van der Waals surface area contributed by atoms with Gasteiger partial charge < -0.3 is 10.1 Å². The highest BCUT2D eigenvalue weighted by Gasteiger charge is 2.08. The van der Waals surface area contributed by atoms with Gasteiger partial charge in [0, 0.05) is 18.7 Å². The van der Waals surface area contributed by atoms with Crippen LogP contribution in [0, 0.1) is 10.1 Å². The molecule has 0 aliphatic heterocycles. The molecule has 10 heteroatoms. The Morgan fingerprint density at radius 3 is 2.45 bits per heavy atom. The molecule has 1 rings (SSSR count). The molecule has 0 saturated heterocycles. The molecule has 0 saturated carbocycles. The molecule has 1 aromatic carbocycles. The minimum atomic E-state index is -4.13. The summed E-state index contributed by atoms with van der Waals surface area (Å²) in [4.78, 5) is 21.0. The highest BCUT2D eigenvalue weighted by molar-refractivity contribution is 7.85. The molecule has 0 aliphatic rings. The molecule has 0 bridgehead atoms. The van der Waals surface area contributed by atoms with Gasteiger partial charge in [-0.25, -0.2) is 4.79 Å². The van der Waals surface area contributed by atoms with E-state index in [1.807, 2.05) is 0 Å². The number of non-ortho nitro benzene ring substituents is 1. The molecule has 0 heterocycles. The summed E-state index contributed by atoms with van der Waals surface area (Å²) in [7, 11) is -4.13. The van der Waals surface area contributed by atoms with E-state index >= 15 is 0 Å². The van der Waals surface area contributed by atoms with Gasteiger partial charge in [-0.1, -0.05) is 0 Å². The first-order valence-electron chi connectivity index (χ1n) is 5.37. The number of alkyl carbamates (subject to hydrolysis) is 1. The number of nitro benzene ring substituents is 1. The van der Waals surface area contributed by atoms with Gasteiger partial charge in [0.25, 0.3) is 15.8 Å². The SMILES string of the molecule is O=C(NCCS(=O)(=O)O)OCc1ccc([N+](=O)[O-])cc1. The number of benzene rings is 1. The van der Waals surface area contributed by atoms with Gasteiger partial charge >= 0.3 is 6.09 Å². The Hall–Kier alpha value is -2.20. The molecule has 9 nitrogen and oxygen atoms in total. The molecular formula is C10H12N2O7S. The zero-order valence-electron chi connectivity index (χ0n) is 10.2. The first kappa shape index (κ1) is 15.9. The van der Waals surface area contributed by atoms with Crippen molar-refractivity contribution < 1.29 is 27.4 Å². The number of carbonyl (C=O) groups excluding carboxylic acids is 1. The first-order chi connectivity index (χ1) is 9.28. The molecule has 2 N–H and O–H groups in total. The number of hydrogen-bond acceptors (Lipinski definition) is 6. The van der Waals surface area contributed by atoms with Gasteiger partial charge in [0.05, 0.1) is 10.7 Å². The number of nitro groups is 1. The number of rotatable bonds is 6. The average Bonchev–Trinajstić information content (AvgIpc) is 2.35. The second kappa shape index (κ2) is 6.82. The highest BCUT2D eigenvalue weighted by Crippen LogP contribution is 2.12. The van der Waals surface area contributed by atoms with Crippen LogP contribution >= 0.6 is 0 Å². The van der Waals surface area contributed by atoms with Crippen molar-refractivity contribution in [2.24, 2.45) is 0 Å². The van der Waals surface area contributed by atoms with Gasteiger partial charge in [-0.3, -0.25) is 14.7 Å². The van der Waals surface area contributed by atoms with E-state index in [0.29, 0.717) is 5.56 Å². The molecular weight excluding hydrogens is 292 g/mol. The Morgan fingerprint density at radius 1 is 1.35 bits per heavy atom. The molecule has 0 aromatic heterocycles. The molecule has 1 aromatic rings. The molecule has 0 radical (unpaired) electrons. The van der Waals surface area contributed by atoms with Crippen LogP contribution in [0.15, 0.2) is 24.3 Å². The lowest BCUT2D eigenvalue weighted by atomic mass is 10.2.